The zero-order valence-electron chi connectivity index (χ0n) is 30.4. The van der Waals surface area contributed by atoms with Crippen LogP contribution in [-0.2, 0) is 4.79 Å². The van der Waals surface area contributed by atoms with E-state index in [0.717, 1.165) is 6.41 Å². The summed E-state index contributed by atoms with van der Waals surface area (Å²) in [7, 11) is 3.38. The molecule has 1 radical (unpaired) electrons. The Morgan fingerprint density at radius 3 is 0.797 bits per heavy atom. The molecule has 0 N–H and O–H groups in total. The molecule has 0 saturated carbocycles. The molecule has 1 amide bonds. The number of hydrogen-bond acceptors (Lipinski definition) is 9. The molecule has 0 aliphatic carbocycles. The van der Waals surface area contributed by atoms with Crippen LogP contribution in [0.1, 0.15) is 0 Å². The van der Waals surface area contributed by atoms with Gasteiger partial charge >= 0.3 is 67.7 Å². The first-order valence-corrected chi connectivity index (χ1v) is 18.8. The molecule has 4 aromatic heterocycles. The largest absolute Gasteiger partial charge is 3.00 e. The third-order valence-corrected chi connectivity index (χ3v) is 9.59. The summed E-state index contributed by atoms with van der Waals surface area (Å²) in [4.78, 5) is 26.6. The third-order valence-electron chi connectivity index (χ3n) is 7.21. The second-order valence-electron chi connectivity index (χ2n) is 11.3. The quantitative estimate of drug-likeness (QED) is 0.123. The molecule has 4 heterocycles. The summed E-state index contributed by atoms with van der Waals surface area (Å²) >= 11 is 46.1. The molecular weight excluding hydrogens is 1090 g/mol. The predicted molar refractivity (Wildman–Crippen MR) is 225 cm³/mol. The number of amides is 1. The predicted octanol–water partition coefficient (Wildman–Crippen LogP) is 7.17. The third kappa shape index (κ3) is 13.9. The molecular formula is C39H23Cl8DyN5NaO5. The maximum Gasteiger partial charge on any atom is 3.00 e. The van der Waals surface area contributed by atoms with Crippen molar-refractivity contribution in [2.24, 2.45) is 0 Å². The number of rotatable bonds is 1. The maximum atomic E-state index is 11.4. The molecule has 0 bridgehead atoms. The minimum Gasteiger partial charge on any atom is -0.870 e. The molecule has 0 fully saturated rings. The fraction of sp³-hybridized carbons (Fsp3) is 0.0513. The van der Waals surface area contributed by atoms with Crippen molar-refractivity contribution in [2.45, 2.75) is 0 Å². The van der Waals surface area contributed by atoms with Crippen molar-refractivity contribution in [3.8, 4) is 23.0 Å². The normalized spacial score (nSPS) is 9.93. The van der Waals surface area contributed by atoms with Gasteiger partial charge in [0.15, 0.2) is 0 Å². The van der Waals surface area contributed by atoms with Crippen LogP contribution in [0.4, 0.5) is 0 Å². The summed E-state index contributed by atoms with van der Waals surface area (Å²) < 4.78 is 0. The molecule has 0 aliphatic rings. The first kappa shape index (κ1) is 52.9. The van der Waals surface area contributed by atoms with E-state index in [0.29, 0.717) is 63.7 Å². The van der Waals surface area contributed by atoms with E-state index >= 15 is 0 Å². The van der Waals surface area contributed by atoms with Gasteiger partial charge in [0.2, 0.25) is 6.41 Å². The summed E-state index contributed by atoms with van der Waals surface area (Å²) in [6, 6.07) is 19.6. The minimum absolute atomic E-state index is 0. The van der Waals surface area contributed by atoms with Crippen LogP contribution in [0.3, 0.4) is 0 Å². The molecule has 0 atom stereocenters. The van der Waals surface area contributed by atoms with Crippen molar-refractivity contribution in [3.63, 3.8) is 0 Å². The topological polar surface area (TPSA) is 164 Å². The van der Waals surface area contributed by atoms with Crippen molar-refractivity contribution < 1.29 is 93.0 Å². The van der Waals surface area contributed by atoms with Gasteiger partial charge in [-0.2, -0.15) is 0 Å². The number of hydrogen-bond donors (Lipinski definition) is 0. The van der Waals surface area contributed by atoms with Gasteiger partial charge in [0, 0.05) is 80.5 Å². The number of aromatic nitrogens is 4. The zero-order chi connectivity index (χ0) is 42.0. The van der Waals surface area contributed by atoms with Crippen LogP contribution in [0.15, 0.2) is 97.6 Å². The van der Waals surface area contributed by atoms with Gasteiger partial charge in [0.25, 0.3) is 0 Å². The number of halogens is 8. The Bertz CT molecular complexity index is 2370. The molecule has 0 saturated heterocycles. The van der Waals surface area contributed by atoms with Gasteiger partial charge in [-0.3, -0.25) is 24.7 Å². The number of benzene rings is 4. The van der Waals surface area contributed by atoms with Gasteiger partial charge in [-0.25, -0.2) is 0 Å². The Hall–Kier alpha value is -2.22. The molecule has 301 valence electrons. The van der Waals surface area contributed by atoms with Crippen LogP contribution in [0.2, 0.25) is 40.2 Å². The molecule has 8 rings (SSSR count). The Balaban J connectivity index is 0.000000258. The Morgan fingerprint density at radius 2 is 0.627 bits per heavy atom. The first-order valence-electron chi connectivity index (χ1n) is 15.8. The Kier molecular flexibility index (Phi) is 22.5. The van der Waals surface area contributed by atoms with Crippen molar-refractivity contribution in [1.82, 2.24) is 24.8 Å². The van der Waals surface area contributed by atoms with Crippen LogP contribution >= 0.6 is 92.8 Å². The summed E-state index contributed by atoms with van der Waals surface area (Å²) in [5.74, 6) is -1.10. The van der Waals surface area contributed by atoms with Crippen molar-refractivity contribution in [2.75, 3.05) is 14.1 Å². The Morgan fingerprint density at radius 1 is 0.441 bits per heavy atom. The molecule has 10 nitrogen and oxygen atoms in total. The molecule has 0 unspecified atom stereocenters. The van der Waals surface area contributed by atoms with Crippen LogP contribution in [0.25, 0.3) is 43.6 Å². The molecule has 59 heavy (non-hydrogen) atoms. The van der Waals surface area contributed by atoms with Crippen LogP contribution in [-0.4, -0.2) is 45.3 Å². The molecule has 0 spiro atoms. The molecule has 20 heteroatoms. The Labute approximate surface area is 430 Å². The van der Waals surface area contributed by atoms with E-state index in [1.165, 1.54) is 54.0 Å². The second kappa shape index (κ2) is 25.0. The second-order valence-corrected chi connectivity index (χ2v) is 14.6. The summed E-state index contributed by atoms with van der Waals surface area (Å²) in [5.41, 5.74) is 1.28. The van der Waals surface area contributed by atoms with Crippen LogP contribution in [0.5, 0.6) is 23.0 Å². The van der Waals surface area contributed by atoms with Gasteiger partial charge in [-0.05, 0) is 72.8 Å². The number of carbonyl (C=O) groups excluding carboxylic acids is 1. The average molecular weight is 1110 g/mol. The summed E-state index contributed by atoms with van der Waals surface area (Å²) in [6.07, 6.45) is 6.90. The van der Waals surface area contributed by atoms with Crippen LogP contribution in [0, 0.1) is 38.2 Å². The number of carbonyl (C=O) groups is 1. The summed E-state index contributed by atoms with van der Waals surface area (Å²) in [6.45, 7) is 0. The molecule has 4 aromatic carbocycles. The van der Waals surface area contributed by atoms with E-state index < -0.39 is 0 Å². The molecule has 0 aliphatic heterocycles. The summed E-state index contributed by atoms with van der Waals surface area (Å²) in [5, 5.41) is 50.5. The van der Waals surface area contributed by atoms with E-state index in [1.807, 2.05) is 0 Å². The fourth-order valence-corrected chi connectivity index (χ4v) is 6.65. The van der Waals surface area contributed by atoms with E-state index in [4.69, 9.17) is 92.8 Å². The number of nitrogens with zero attached hydrogens (tertiary/aromatic N) is 5. The van der Waals surface area contributed by atoms with Crippen molar-refractivity contribution in [3.05, 3.63) is 138 Å². The van der Waals surface area contributed by atoms with E-state index in [2.05, 4.69) is 19.9 Å². The van der Waals surface area contributed by atoms with Gasteiger partial charge in [0.1, 0.15) is 0 Å². The first-order chi connectivity index (χ1) is 27.1. The minimum atomic E-state index is -0.276. The van der Waals surface area contributed by atoms with E-state index in [1.54, 1.807) is 62.6 Å². The van der Waals surface area contributed by atoms with Gasteiger partial charge in [-0.1, -0.05) is 116 Å². The maximum absolute atomic E-state index is 11.4. The van der Waals surface area contributed by atoms with Gasteiger partial charge in [-0.15, -0.1) is 0 Å². The van der Waals surface area contributed by atoms with E-state index in [-0.39, 0.29) is 111 Å². The van der Waals surface area contributed by atoms with Gasteiger partial charge < -0.3 is 25.3 Å². The van der Waals surface area contributed by atoms with Crippen molar-refractivity contribution >= 4 is 143 Å². The smallest absolute Gasteiger partial charge is 0.870 e. The monoisotopic (exact) mass is 1110 g/mol. The van der Waals surface area contributed by atoms with Gasteiger partial charge in [0.05, 0.1) is 42.2 Å². The van der Waals surface area contributed by atoms with Crippen molar-refractivity contribution in [1.29, 1.82) is 0 Å². The standard InChI is InChI=1S/4C9H5Cl2NO.C3H7NO.Dy.Na/c4*10-6-4-7(11)9(13)8-5(6)2-1-3-12-8;1-4(2)3-5;;/h4*1-4,13H;3H,1-2H3;;/q;;;;;+3;+1/p-4. The fourth-order valence-electron chi connectivity index (χ4n) is 4.59. The van der Waals surface area contributed by atoms with E-state index in [9.17, 15) is 25.2 Å². The average Bonchev–Trinajstić information content (AvgIpc) is 3.21. The van der Waals surface area contributed by atoms with Crippen LogP contribution < -0.4 is 50.0 Å². The number of pyridine rings is 4. The SMILES string of the molecule is CN(C)C=O.[Dy+3].[Na+].[O-]c1c(Cl)cc(Cl)c2cccnc12.[O-]c1c(Cl)cc(Cl)c2cccnc12.[O-]c1c(Cl)cc(Cl)c2cccnc12.[O-]c1c(Cl)cc(Cl)c2cccnc12. The molecule has 8 aromatic rings. The number of fused-ring (bicyclic) bond motifs is 4. The zero-order valence-corrected chi connectivity index (χ0v) is 40.5.